The molecule has 0 spiro atoms. The molecule has 32 heavy (non-hydrogen) atoms. The highest BCUT2D eigenvalue weighted by Gasteiger charge is 2.10. The molecule has 0 aliphatic carbocycles. The van der Waals surface area contributed by atoms with Crippen LogP contribution in [0, 0.1) is 21.4 Å². The van der Waals surface area contributed by atoms with Crippen molar-refractivity contribution in [1.29, 1.82) is 5.26 Å². The normalized spacial score (nSPS) is 10.7. The van der Waals surface area contributed by atoms with Crippen LogP contribution in [-0.2, 0) is 11.4 Å². The molecule has 0 saturated carbocycles. The number of hydrogen-bond acceptors (Lipinski definition) is 6. The summed E-state index contributed by atoms with van der Waals surface area (Å²) >= 11 is 0. The topological polar surface area (TPSA) is 114 Å². The highest BCUT2D eigenvalue weighted by molar-refractivity contribution is 6.09. The van der Waals surface area contributed by atoms with Gasteiger partial charge in [-0.05, 0) is 65.7 Å². The van der Waals surface area contributed by atoms with E-state index in [1.807, 2.05) is 6.07 Å². The molecule has 0 aliphatic heterocycles. The lowest BCUT2D eigenvalue weighted by Gasteiger charge is -2.07. The van der Waals surface area contributed by atoms with E-state index in [9.17, 15) is 20.2 Å². The zero-order valence-electron chi connectivity index (χ0n) is 17.1. The summed E-state index contributed by atoms with van der Waals surface area (Å²) in [6.45, 7) is 0.251. The second-order valence-corrected chi connectivity index (χ2v) is 6.63. The van der Waals surface area contributed by atoms with E-state index >= 15 is 0 Å². The monoisotopic (exact) mass is 429 g/mol. The van der Waals surface area contributed by atoms with Gasteiger partial charge in [-0.3, -0.25) is 14.9 Å². The maximum atomic E-state index is 12.4. The van der Waals surface area contributed by atoms with Gasteiger partial charge in [0.15, 0.2) is 0 Å². The van der Waals surface area contributed by atoms with Crippen molar-refractivity contribution in [2.24, 2.45) is 0 Å². The number of amides is 1. The largest absolute Gasteiger partial charge is 0.497 e. The third-order valence-electron chi connectivity index (χ3n) is 4.46. The first-order chi connectivity index (χ1) is 15.5. The lowest BCUT2D eigenvalue weighted by atomic mass is 10.1. The number of nitrogens with zero attached hydrogens (tertiary/aromatic N) is 2. The number of nitriles is 1. The molecule has 3 aromatic carbocycles. The summed E-state index contributed by atoms with van der Waals surface area (Å²) < 4.78 is 10.8. The molecule has 1 amide bonds. The van der Waals surface area contributed by atoms with E-state index in [0.29, 0.717) is 22.7 Å². The van der Waals surface area contributed by atoms with E-state index in [2.05, 4.69) is 5.32 Å². The predicted octanol–water partition coefficient (Wildman–Crippen LogP) is 4.73. The lowest BCUT2D eigenvalue weighted by molar-refractivity contribution is -0.384. The average molecular weight is 429 g/mol. The number of nitro groups is 1. The number of rotatable bonds is 8. The number of methoxy groups -OCH3 is 1. The Morgan fingerprint density at radius 1 is 1.03 bits per heavy atom. The third kappa shape index (κ3) is 5.93. The minimum Gasteiger partial charge on any atom is -0.497 e. The number of carbonyl (C=O) groups excluding carboxylic acids is 1. The van der Waals surface area contributed by atoms with Crippen LogP contribution >= 0.6 is 0 Å². The second-order valence-electron chi connectivity index (χ2n) is 6.63. The fourth-order valence-electron chi connectivity index (χ4n) is 2.73. The van der Waals surface area contributed by atoms with Crippen molar-refractivity contribution >= 4 is 23.4 Å². The molecule has 0 fully saturated rings. The van der Waals surface area contributed by atoms with Gasteiger partial charge in [-0.1, -0.05) is 12.1 Å². The number of ether oxygens (including phenoxy) is 2. The van der Waals surface area contributed by atoms with Crippen LogP contribution in [0.25, 0.3) is 6.08 Å². The summed E-state index contributed by atoms with van der Waals surface area (Å²) in [5, 5.41) is 22.7. The van der Waals surface area contributed by atoms with Crippen LogP contribution < -0.4 is 14.8 Å². The Kier molecular flexibility index (Phi) is 7.17. The Hall–Kier alpha value is -4.64. The van der Waals surface area contributed by atoms with Crippen molar-refractivity contribution in [2.45, 2.75) is 6.61 Å². The summed E-state index contributed by atoms with van der Waals surface area (Å²) in [6.07, 6.45) is 1.49. The predicted molar refractivity (Wildman–Crippen MR) is 119 cm³/mol. The zero-order valence-corrected chi connectivity index (χ0v) is 17.1. The van der Waals surface area contributed by atoms with Crippen molar-refractivity contribution in [1.82, 2.24) is 0 Å². The van der Waals surface area contributed by atoms with Crippen LogP contribution in [0.5, 0.6) is 11.5 Å². The van der Waals surface area contributed by atoms with Crippen LogP contribution in [0.1, 0.15) is 11.1 Å². The number of nitro benzene ring substituents is 1. The third-order valence-corrected chi connectivity index (χ3v) is 4.46. The maximum Gasteiger partial charge on any atom is 0.269 e. The van der Waals surface area contributed by atoms with Gasteiger partial charge in [-0.15, -0.1) is 0 Å². The van der Waals surface area contributed by atoms with Gasteiger partial charge in [0, 0.05) is 17.8 Å². The second kappa shape index (κ2) is 10.4. The molecule has 0 heterocycles. The van der Waals surface area contributed by atoms with Gasteiger partial charge in [-0.2, -0.15) is 5.26 Å². The molecule has 160 valence electrons. The Bertz CT molecular complexity index is 1160. The number of nitrogens with one attached hydrogen (secondary N) is 1. The summed E-state index contributed by atoms with van der Waals surface area (Å²) in [4.78, 5) is 22.6. The number of benzene rings is 3. The van der Waals surface area contributed by atoms with Crippen molar-refractivity contribution in [2.75, 3.05) is 12.4 Å². The molecule has 1 N–H and O–H groups in total. The van der Waals surface area contributed by atoms with Gasteiger partial charge in [0.05, 0.1) is 12.0 Å². The van der Waals surface area contributed by atoms with E-state index in [0.717, 1.165) is 5.56 Å². The van der Waals surface area contributed by atoms with Gasteiger partial charge in [0.25, 0.3) is 11.6 Å². The summed E-state index contributed by atoms with van der Waals surface area (Å²) in [6, 6.07) is 21.7. The molecule has 0 aliphatic rings. The number of non-ortho nitro benzene ring substituents is 1. The first kappa shape index (κ1) is 22.1. The standard InChI is InChI=1S/C24H19N3O5/c1-31-22-12-6-20(7-13-22)26-24(28)19(15-25)14-17-4-10-23(11-5-17)32-16-18-2-8-21(9-3-18)27(29)30/h2-14H,16H2,1H3,(H,26,28)/b19-14-. The smallest absolute Gasteiger partial charge is 0.269 e. The molecule has 0 aromatic heterocycles. The Labute approximate surface area is 184 Å². The SMILES string of the molecule is COc1ccc(NC(=O)/C(C#N)=C\c2ccc(OCc3ccc([N+](=O)[O-])cc3)cc2)cc1. The van der Waals surface area contributed by atoms with Crippen molar-refractivity contribution in [3.8, 4) is 17.6 Å². The summed E-state index contributed by atoms with van der Waals surface area (Å²) in [5.41, 5.74) is 1.98. The molecule has 3 rings (SSSR count). The Balaban J connectivity index is 1.61. The minimum atomic E-state index is -0.517. The van der Waals surface area contributed by atoms with E-state index in [1.54, 1.807) is 67.8 Å². The van der Waals surface area contributed by atoms with Crippen LogP contribution in [0.15, 0.2) is 78.4 Å². The van der Waals surface area contributed by atoms with Crippen molar-refractivity contribution in [3.63, 3.8) is 0 Å². The first-order valence-corrected chi connectivity index (χ1v) is 9.52. The fourth-order valence-corrected chi connectivity index (χ4v) is 2.73. The maximum absolute atomic E-state index is 12.4. The zero-order chi connectivity index (χ0) is 22.9. The highest BCUT2D eigenvalue weighted by Crippen LogP contribution is 2.19. The molecular weight excluding hydrogens is 410 g/mol. The summed E-state index contributed by atoms with van der Waals surface area (Å²) in [7, 11) is 1.55. The van der Waals surface area contributed by atoms with Gasteiger partial charge < -0.3 is 14.8 Å². The molecule has 3 aromatic rings. The molecule has 0 bridgehead atoms. The molecule has 0 atom stereocenters. The minimum absolute atomic E-state index is 0.0224. The Morgan fingerprint density at radius 3 is 2.22 bits per heavy atom. The average Bonchev–Trinajstić information content (AvgIpc) is 2.82. The molecule has 8 nitrogen and oxygen atoms in total. The van der Waals surface area contributed by atoms with Crippen LogP contribution in [0.2, 0.25) is 0 Å². The van der Waals surface area contributed by atoms with Gasteiger partial charge in [0.2, 0.25) is 0 Å². The van der Waals surface area contributed by atoms with Crippen LogP contribution in [-0.4, -0.2) is 17.9 Å². The van der Waals surface area contributed by atoms with Crippen molar-refractivity contribution < 1.29 is 19.2 Å². The van der Waals surface area contributed by atoms with Gasteiger partial charge in [0.1, 0.15) is 29.7 Å². The van der Waals surface area contributed by atoms with E-state index in [-0.39, 0.29) is 17.9 Å². The number of hydrogen-bond donors (Lipinski definition) is 1. The number of carbonyl (C=O) groups is 1. The molecular formula is C24H19N3O5. The van der Waals surface area contributed by atoms with E-state index in [4.69, 9.17) is 9.47 Å². The lowest BCUT2D eigenvalue weighted by Crippen LogP contribution is -2.13. The highest BCUT2D eigenvalue weighted by atomic mass is 16.6. The van der Waals surface area contributed by atoms with E-state index in [1.165, 1.54) is 18.2 Å². The Morgan fingerprint density at radius 2 is 1.66 bits per heavy atom. The van der Waals surface area contributed by atoms with Gasteiger partial charge in [-0.25, -0.2) is 0 Å². The first-order valence-electron chi connectivity index (χ1n) is 9.52. The molecule has 0 radical (unpaired) electrons. The van der Waals surface area contributed by atoms with Gasteiger partial charge >= 0.3 is 0 Å². The summed E-state index contributed by atoms with van der Waals surface area (Å²) in [5.74, 6) is 0.729. The van der Waals surface area contributed by atoms with Crippen LogP contribution in [0.3, 0.4) is 0 Å². The number of anilines is 1. The molecule has 8 heteroatoms. The van der Waals surface area contributed by atoms with Crippen molar-refractivity contribution in [3.05, 3.63) is 99.6 Å². The molecule has 0 unspecified atom stereocenters. The quantitative estimate of drug-likeness (QED) is 0.240. The van der Waals surface area contributed by atoms with Crippen LogP contribution in [0.4, 0.5) is 11.4 Å². The fraction of sp³-hybridized carbons (Fsp3) is 0.0833. The molecule has 0 saturated heterocycles. The van der Waals surface area contributed by atoms with E-state index < -0.39 is 10.8 Å².